The molecule has 0 fully saturated rings. The molecule has 26 heavy (non-hydrogen) atoms. The van der Waals surface area contributed by atoms with E-state index in [-0.39, 0.29) is 11.1 Å². The number of para-hydroxylation sites is 1. The van der Waals surface area contributed by atoms with Gasteiger partial charge in [-0.3, -0.25) is 14.9 Å². The Morgan fingerprint density at radius 2 is 1.88 bits per heavy atom. The second-order valence-electron chi connectivity index (χ2n) is 6.16. The summed E-state index contributed by atoms with van der Waals surface area (Å²) >= 11 is 0. The maximum atomic E-state index is 12.8. The summed E-state index contributed by atoms with van der Waals surface area (Å²) in [4.78, 5) is 28.3. The summed E-state index contributed by atoms with van der Waals surface area (Å²) in [6.07, 6.45) is 1.41. The number of carboxylic acid groups (broad SMARTS) is 1. The van der Waals surface area contributed by atoms with Crippen LogP contribution in [0.25, 0.3) is 5.69 Å². The summed E-state index contributed by atoms with van der Waals surface area (Å²) in [5, 5.41) is 12.3. The number of aliphatic imine (C=N–C) groups is 1. The molecule has 3 aromatic rings. The normalized spacial score (nSPS) is 11.2. The highest BCUT2D eigenvalue weighted by molar-refractivity contribution is 5.95. The highest BCUT2D eigenvalue weighted by Gasteiger charge is 2.13. The number of nitrogens with one attached hydrogen (secondary N) is 1. The van der Waals surface area contributed by atoms with Crippen LogP contribution in [0.1, 0.15) is 32.7 Å². The van der Waals surface area contributed by atoms with Gasteiger partial charge in [-0.1, -0.05) is 29.8 Å². The molecule has 0 saturated heterocycles. The first kappa shape index (κ1) is 17.4. The summed E-state index contributed by atoms with van der Waals surface area (Å²) in [6.45, 7) is 5.73. The molecular weight excluding hydrogens is 330 g/mol. The zero-order valence-electron chi connectivity index (χ0n) is 14.8. The average molecular weight is 349 g/mol. The molecule has 1 aromatic heterocycles. The number of carbonyl (C=O) groups is 1. The Kier molecular flexibility index (Phi) is 4.58. The third-order valence-corrected chi connectivity index (χ3v) is 4.18. The Labute approximate surface area is 150 Å². The van der Waals surface area contributed by atoms with E-state index in [2.05, 4.69) is 10.1 Å². The molecule has 0 spiro atoms. The molecule has 0 bridgehead atoms. The summed E-state index contributed by atoms with van der Waals surface area (Å²) in [5.41, 5.74) is 4.09. The summed E-state index contributed by atoms with van der Waals surface area (Å²) in [7, 11) is 0. The SMILES string of the molecule is Cc1ccc(-n2[nH]c(C)c(C=Nc3ccccc3C(=O)O)c2=O)c(C)c1. The number of hydrogen-bond acceptors (Lipinski definition) is 3. The second kappa shape index (κ2) is 6.84. The van der Waals surface area contributed by atoms with E-state index < -0.39 is 5.97 Å². The Morgan fingerprint density at radius 1 is 1.15 bits per heavy atom. The van der Waals surface area contributed by atoms with E-state index in [0.29, 0.717) is 16.9 Å². The van der Waals surface area contributed by atoms with Crippen LogP contribution in [0.15, 0.2) is 52.3 Å². The zero-order valence-corrected chi connectivity index (χ0v) is 14.8. The molecule has 0 aliphatic rings. The third kappa shape index (κ3) is 3.21. The highest BCUT2D eigenvalue weighted by atomic mass is 16.4. The van der Waals surface area contributed by atoms with Crippen molar-refractivity contribution in [3.63, 3.8) is 0 Å². The molecule has 3 rings (SSSR count). The fourth-order valence-electron chi connectivity index (χ4n) is 2.84. The number of benzene rings is 2. The minimum atomic E-state index is -1.06. The van der Waals surface area contributed by atoms with E-state index in [1.807, 2.05) is 32.0 Å². The first-order valence-electron chi connectivity index (χ1n) is 8.14. The molecule has 0 atom stereocenters. The molecule has 6 heteroatoms. The van der Waals surface area contributed by atoms with Crippen LogP contribution in [0.5, 0.6) is 0 Å². The van der Waals surface area contributed by atoms with Gasteiger partial charge in [0.05, 0.1) is 22.5 Å². The fraction of sp³-hybridized carbons (Fsp3) is 0.150. The van der Waals surface area contributed by atoms with Crippen LogP contribution in [0, 0.1) is 20.8 Å². The smallest absolute Gasteiger partial charge is 0.337 e. The van der Waals surface area contributed by atoms with Crippen LogP contribution in [0.4, 0.5) is 5.69 Å². The summed E-state index contributed by atoms with van der Waals surface area (Å²) < 4.78 is 1.48. The van der Waals surface area contributed by atoms with Gasteiger partial charge >= 0.3 is 5.97 Å². The van der Waals surface area contributed by atoms with Gasteiger partial charge in [-0.25, -0.2) is 9.48 Å². The van der Waals surface area contributed by atoms with Crippen molar-refractivity contribution >= 4 is 17.9 Å². The molecule has 1 heterocycles. The van der Waals surface area contributed by atoms with Crippen LogP contribution in [0.3, 0.4) is 0 Å². The van der Waals surface area contributed by atoms with Crippen molar-refractivity contribution in [1.29, 1.82) is 0 Å². The maximum absolute atomic E-state index is 12.8. The number of H-pyrrole nitrogens is 1. The van der Waals surface area contributed by atoms with Gasteiger partial charge in [-0.2, -0.15) is 0 Å². The second-order valence-corrected chi connectivity index (χ2v) is 6.16. The van der Waals surface area contributed by atoms with Gasteiger partial charge in [0.25, 0.3) is 5.56 Å². The molecule has 0 aliphatic heterocycles. The van der Waals surface area contributed by atoms with Crippen molar-refractivity contribution in [3.8, 4) is 5.69 Å². The van der Waals surface area contributed by atoms with Crippen LogP contribution < -0.4 is 5.56 Å². The molecule has 2 N–H and O–H groups in total. The Bertz CT molecular complexity index is 1070. The molecule has 0 radical (unpaired) electrons. The van der Waals surface area contributed by atoms with Crippen LogP contribution in [-0.2, 0) is 0 Å². The largest absolute Gasteiger partial charge is 0.478 e. The van der Waals surface area contributed by atoms with Gasteiger partial charge in [0.15, 0.2) is 0 Å². The lowest BCUT2D eigenvalue weighted by Gasteiger charge is -2.06. The van der Waals surface area contributed by atoms with Crippen LogP contribution >= 0.6 is 0 Å². The number of nitrogens with zero attached hydrogens (tertiary/aromatic N) is 2. The summed E-state index contributed by atoms with van der Waals surface area (Å²) in [6, 6.07) is 12.3. The van der Waals surface area contributed by atoms with E-state index in [1.165, 1.54) is 17.0 Å². The number of aromatic nitrogens is 2. The topological polar surface area (TPSA) is 87.4 Å². The summed E-state index contributed by atoms with van der Waals surface area (Å²) in [5.74, 6) is -1.06. The predicted octanol–water partition coefficient (Wildman–Crippen LogP) is 3.54. The average Bonchev–Trinajstić information content (AvgIpc) is 2.87. The molecule has 0 unspecified atom stereocenters. The first-order chi connectivity index (χ1) is 12.4. The number of hydrogen-bond donors (Lipinski definition) is 2. The van der Waals surface area contributed by atoms with E-state index in [0.717, 1.165) is 16.8 Å². The number of aromatic amines is 1. The van der Waals surface area contributed by atoms with E-state index in [9.17, 15) is 14.7 Å². The predicted molar refractivity (Wildman–Crippen MR) is 101 cm³/mol. The monoisotopic (exact) mass is 349 g/mol. The van der Waals surface area contributed by atoms with Crippen molar-refractivity contribution in [2.24, 2.45) is 4.99 Å². The Hall–Kier alpha value is -3.41. The molecule has 132 valence electrons. The van der Waals surface area contributed by atoms with Crippen molar-refractivity contribution in [2.75, 3.05) is 0 Å². The molecule has 6 nitrogen and oxygen atoms in total. The maximum Gasteiger partial charge on any atom is 0.337 e. The van der Waals surface area contributed by atoms with E-state index in [1.54, 1.807) is 25.1 Å². The van der Waals surface area contributed by atoms with Gasteiger partial charge < -0.3 is 5.11 Å². The van der Waals surface area contributed by atoms with Crippen LogP contribution in [0.2, 0.25) is 0 Å². The minimum Gasteiger partial charge on any atom is -0.478 e. The third-order valence-electron chi connectivity index (χ3n) is 4.18. The van der Waals surface area contributed by atoms with Crippen molar-refractivity contribution in [2.45, 2.75) is 20.8 Å². The van der Waals surface area contributed by atoms with Crippen LogP contribution in [-0.4, -0.2) is 27.1 Å². The standard InChI is InChI=1S/C20H19N3O3/c1-12-8-9-18(13(2)10-12)23-19(24)16(14(3)22-23)11-21-17-7-5-4-6-15(17)20(25)26/h4-11,22H,1-3H3,(H,25,26). The fourth-order valence-corrected chi connectivity index (χ4v) is 2.84. The lowest BCUT2D eigenvalue weighted by molar-refractivity contribution is 0.0698. The number of aromatic carboxylic acids is 1. The molecule has 2 aromatic carbocycles. The lowest BCUT2D eigenvalue weighted by Crippen LogP contribution is -2.18. The minimum absolute atomic E-state index is 0.0895. The number of aryl methyl sites for hydroxylation is 3. The van der Waals surface area contributed by atoms with E-state index in [4.69, 9.17) is 0 Å². The first-order valence-corrected chi connectivity index (χ1v) is 8.14. The quantitative estimate of drug-likeness (QED) is 0.706. The van der Waals surface area contributed by atoms with Crippen molar-refractivity contribution < 1.29 is 9.90 Å². The van der Waals surface area contributed by atoms with E-state index >= 15 is 0 Å². The van der Waals surface area contributed by atoms with Crippen molar-refractivity contribution in [3.05, 3.63) is 80.8 Å². The van der Waals surface area contributed by atoms with Gasteiger partial charge in [0.1, 0.15) is 0 Å². The highest BCUT2D eigenvalue weighted by Crippen LogP contribution is 2.19. The van der Waals surface area contributed by atoms with Gasteiger partial charge in [0, 0.05) is 11.9 Å². The Morgan fingerprint density at radius 3 is 2.58 bits per heavy atom. The molecule has 0 aliphatic carbocycles. The number of rotatable bonds is 4. The van der Waals surface area contributed by atoms with Gasteiger partial charge in [-0.05, 0) is 44.5 Å². The Balaban J connectivity index is 2.05. The lowest BCUT2D eigenvalue weighted by atomic mass is 10.1. The zero-order chi connectivity index (χ0) is 18.8. The van der Waals surface area contributed by atoms with Gasteiger partial charge in [0.2, 0.25) is 0 Å². The molecule has 0 saturated carbocycles. The van der Waals surface area contributed by atoms with Gasteiger partial charge in [-0.15, -0.1) is 0 Å². The molecule has 0 amide bonds. The number of carboxylic acids is 1. The molecular formula is C20H19N3O3. The van der Waals surface area contributed by atoms with Crippen molar-refractivity contribution in [1.82, 2.24) is 9.78 Å².